The van der Waals surface area contributed by atoms with Crippen LogP contribution >= 0.6 is 11.3 Å². The van der Waals surface area contributed by atoms with Crippen molar-refractivity contribution in [1.82, 2.24) is 14.1 Å². The summed E-state index contributed by atoms with van der Waals surface area (Å²) in [6.07, 6.45) is 1.86. The molecule has 0 unspecified atom stereocenters. The first kappa shape index (κ1) is 25.5. The highest BCUT2D eigenvalue weighted by atomic mass is 32.2. The lowest BCUT2D eigenvalue weighted by molar-refractivity contribution is -0.134. The third-order valence-electron chi connectivity index (χ3n) is 4.71. The fourth-order valence-electron chi connectivity index (χ4n) is 3.20. The van der Waals surface area contributed by atoms with Gasteiger partial charge in [0.2, 0.25) is 10.0 Å². The summed E-state index contributed by atoms with van der Waals surface area (Å²) in [6.45, 7) is -0.865. The van der Waals surface area contributed by atoms with Crippen LogP contribution in [0, 0.1) is 0 Å². The van der Waals surface area contributed by atoms with Crippen molar-refractivity contribution >= 4 is 47.4 Å². The Balaban J connectivity index is 1.88. The summed E-state index contributed by atoms with van der Waals surface area (Å²) in [5, 5.41) is 9.04. The predicted molar refractivity (Wildman–Crippen MR) is 119 cm³/mol. The molecular formula is C17H21N3O9S4. The van der Waals surface area contributed by atoms with Crippen LogP contribution < -0.4 is 9.66 Å². The molecule has 0 aliphatic carbocycles. The molecule has 3 rings (SSSR count). The lowest BCUT2D eigenvalue weighted by Crippen LogP contribution is -2.60. The lowest BCUT2D eigenvalue weighted by Gasteiger charge is -2.37. The Kier molecular flexibility index (Phi) is 7.18. The summed E-state index contributed by atoms with van der Waals surface area (Å²) in [5.74, 6) is -0.947. The van der Waals surface area contributed by atoms with Crippen molar-refractivity contribution in [2.75, 3.05) is 32.1 Å². The maximum absolute atomic E-state index is 13.2. The van der Waals surface area contributed by atoms with Gasteiger partial charge >= 0.3 is 10.1 Å². The van der Waals surface area contributed by atoms with Crippen LogP contribution in [0.25, 0.3) is 10.4 Å². The topological polar surface area (TPSA) is 167 Å². The smallest absolute Gasteiger partial charge is 0.306 e. The van der Waals surface area contributed by atoms with Crippen molar-refractivity contribution in [2.45, 2.75) is 10.3 Å². The molecule has 12 nitrogen and oxygen atoms in total. The van der Waals surface area contributed by atoms with Crippen LogP contribution in [0.2, 0.25) is 0 Å². The van der Waals surface area contributed by atoms with E-state index in [1.165, 1.54) is 23.7 Å². The van der Waals surface area contributed by atoms with Crippen molar-refractivity contribution in [1.29, 1.82) is 0 Å². The monoisotopic (exact) mass is 539 g/mol. The zero-order valence-electron chi connectivity index (χ0n) is 17.4. The maximum Gasteiger partial charge on any atom is 0.306 e. The van der Waals surface area contributed by atoms with Gasteiger partial charge in [0.05, 0.1) is 12.5 Å². The Morgan fingerprint density at radius 3 is 2.21 bits per heavy atom. The van der Waals surface area contributed by atoms with Crippen LogP contribution in [0.5, 0.6) is 5.75 Å². The minimum Gasteiger partial charge on any atom is -0.383 e. The number of carbonyl (C=O) groups is 1. The van der Waals surface area contributed by atoms with Gasteiger partial charge in [0, 0.05) is 24.5 Å². The number of hydroxylamine groups is 1. The van der Waals surface area contributed by atoms with E-state index in [9.17, 15) is 30.0 Å². The molecule has 1 aliphatic rings. The van der Waals surface area contributed by atoms with Gasteiger partial charge < -0.3 is 4.18 Å². The average Bonchev–Trinajstić information content (AvgIpc) is 3.22. The molecule has 16 heteroatoms. The maximum atomic E-state index is 13.2. The number of hydrogen-bond donors (Lipinski definition) is 2. The Hall–Kier alpha value is -2.08. The second-order valence-electron chi connectivity index (χ2n) is 7.16. The molecule has 1 aromatic heterocycles. The fraction of sp³-hybridized carbons (Fsp3) is 0.353. The van der Waals surface area contributed by atoms with E-state index in [1.807, 2.05) is 0 Å². The van der Waals surface area contributed by atoms with E-state index in [-0.39, 0.29) is 23.0 Å². The van der Waals surface area contributed by atoms with E-state index in [4.69, 9.17) is 9.39 Å². The molecule has 1 aliphatic heterocycles. The molecule has 33 heavy (non-hydrogen) atoms. The number of amides is 1. The lowest BCUT2D eigenvalue weighted by atomic mass is 10.2. The SMILES string of the molecule is CS(=O)(=O)Oc1ccc(-c2ccc(S(=O)(=O)N3CCN(S(C)(=O)=O)C[C@@H]3C(=O)NO)s2)cc1. The van der Waals surface area contributed by atoms with Gasteiger partial charge in [0.15, 0.2) is 0 Å². The van der Waals surface area contributed by atoms with Crippen molar-refractivity contribution in [2.24, 2.45) is 0 Å². The summed E-state index contributed by atoms with van der Waals surface area (Å²) < 4.78 is 79.2. The van der Waals surface area contributed by atoms with Crippen LogP contribution in [0.4, 0.5) is 0 Å². The van der Waals surface area contributed by atoms with E-state index in [0.29, 0.717) is 10.4 Å². The van der Waals surface area contributed by atoms with Crippen molar-refractivity contribution in [3.05, 3.63) is 36.4 Å². The molecule has 2 N–H and O–H groups in total. The van der Waals surface area contributed by atoms with Gasteiger partial charge in [0.25, 0.3) is 15.9 Å². The van der Waals surface area contributed by atoms with Crippen LogP contribution in [0.15, 0.2) is 40.6 Å². The van der Waals surface area contributed by atoms with E-state index < -0.39 is 48.7 Å². The summed E-state index contributed by atoms with van der Waals surface area (Å²) >= 11 is 0.919. The average molecular weight is 540 g/mol. The molecule has 2 heterocycles. The normalized spacial score (nSPS) is 18.7. The molecule has 1 amide bonds. The van der Waals surface area contributed by atoms with E-state index >= 15 is 0 Å². The molecule has 2 aromatic rings. The molecular weight excluding hydrogens is 518 g/mol. The highest BCUT2D eigenvalue weighted by Gasteiger charge is 2.42. The van der Waals surface area contributed by atoms with Crippen LogP contribution in [-0.4, -0.2) is 83.2 Å². The quantitative estimate of drug-likeness (QED) is 0.277. The summed E-state index contributed by atoms with van der Waals surface area (Å²) in [6, 6.07) is 7.43. The van der Waals surface area contributed by atoms with Gasteiger partial charge in [-0.2, -0.15) is 17.0 Å². The largest absolute Gasteiger partial charge is 0.383 e. The first-order valence-electron chi connectivity index (χ1n) is 9.23. The van der Waals surface area contributed by atoms with Gasteiger partial charge in [0.1, 0.15) is 16.0 Å². The number of carbonyl (C=O) groups excluding carboxylic acids is 1. The third kappa shape index (κ3) is 5.89. The first-order chi connectivity index (χ1) is 15.2. The Labute approximate surface area is 195 Å². The van der Waals surface area contributed by atoms with E-state index in [2.05, 4.69) is 0 Å². The zero-order chi connectivity index (χ0) is 24.6. The second kappa shape index (κ2) is 9.28. The Bertz CT molecular complexity index is 1350. The highest BCUT2D eigenvalue weighted by molar-refractivity contribution is 7.91. The van der Waals surface area contributed by atoms with Crippen LogP contribution in [-0.2, 0) is 35.0 Å². The number of benzene rings is 1. The van der Waals surface area contributed by atoms with E-state index in [0.717, 1.165) is 32.5 Å². The van der Waals surface area contributed by atoms with Gasteiger partial charge in [-0.1, -0.05) is 0 Å². The van der Waals surface area contributed by atoms with Crippen LogP contribution in [0.3, 0.4) is 0 Å². The van der Waals surface area contributed by atoms with Crippen molar-refractivity contribution in [3.8, 4) is 16.2 Å². The minimum atomic E-state index is -4.20. The Morgan fingerprint density at radius 1 is 1.03 bits per heavy atom. The number of rotatable bonds is 7. The third-order valence-corrected chi connectivity index (χ3v) is 9.98. The fourth-order valence-corrected chi connectivity index (χ4v) is 7.49. The van der Waals surface area contributed by atoms with Crippen LogP contribution in [0.1, 0.15) is 0 Å². The summed E-state index contributed by atoms with van der Waals surface area (Å²) in [5.41, 5.74) is 2.00. The molecule has 0 saturated carbocycles. The van der Waals surface area contributed by atoms with Gasteiger partial charge in [-0.15, -0.1) is 11.3 Å². The molecule has 182 valence electrons. The number of thiophene rings is 1. The second-order valence-corrected chi connectivity index (χ2v) is 13.9. The number of sulfonamides is 2. The van der Waals surface area contributed by atoms with Gasteiger partial charge in [-0.25, -0.2) is 22.3 Å². The predicted octanol–water partition coefficient (Wildman–Crippen LogP) is -0.107. The van der Waals surface area contributed by atoms with E-state index in [1.54, 1.807) is 18.2 Å². The van der Waals surface area contributed by atoms with Gasteiger partial charge in [-0.3, -0.25) is 10.0 Å². The number of piperazine rings is 1. The molecule has 1 atom stereocenters. The number of hydrogen-bond acceptors (Lipinski definition) is 10. The Morgan fingerprint density at radius 2 is 1.67 bits per heavy atom. The zero-order valence-corrected chi connectivity index (χ0v) is 20.7. The van der Waals surface area contributed by atoms with Gasteiger partial charge in [-0.05, 0) is 42.0 Å². The van der Waals surface area contributed by atoms with Crippen molar-refractivity contribution in [3.63, 3.8) is 0 Å². The standard InChI is InChI=1S/C17H21N3O9S4/c1-31(23,24)19-9-10-20(14(11-19)17(21)18-22)33(27,28)16-8-7-15(30-16)12-3-5-13(6-4-12)29-32(2,25)26/h3-8,14,22H,9-11H2,1-2H3,(H,18,21)/t14-/m1/s1. The molecule has 0 radical (unpaired) electrons. The minimum absolute atomic E-state index is 0.0856. The molecule has 0 bridgehead atoms. The highest BCUT2D eigenvalue weighted by Crippen LogP contribution is 2.34. The summed E-state index contributed by atoms with van der Waals surface area (Å²) in [7, 11) is -11.6. The summed E-state index contributed by atoms with van der Waals surface area (Å²) in [4.78, 5) is 12.7. The number of nitrogens with one attached hydrogen (secondary N) is 1. The molecule has 1 fully saturated rings. The molecule has 1 saturated heterocycles. The molecule has 1 aromatic carbocycles. The molecule has 0 spiro atoms. The number of nitrogens with zero attached hydrogens (tertiary/aromatic N) is 2. The first-order valence-corrected chi connectivity index (χ1v) is 15.1. The van der Waals surface area contributed by atoms with Crippen molar-refractivity contribution < 1.29 is 39.4 Å².